The SMILES string of the molecule is Cc1ccc(S(=O)(=O)NC(Cc2ccccc2)C(O)C(Cc2ccccc2)NS(=O)(=O)c2ccc(C)cc2)cc1. The molecule has 0 saturated heterocycles. The number of nitrogens with one attached hydrogen (secondary N) is 2. The average molecular weight is 579 g/mol. The molecule has 3 N–H and O–H groups in total. The van der Waals surface area contributed by atoms with Crippen molar-refractivity contribution in [1.82, 2.24) is 9.44 Å². The molecule has 4 aromatic carbocycles. The van der Waals surface area contributed by atoms with Crippen molar-refractivity contribution in [3.8, 4) is 0 Å². The monoisotopic (exact) mass is 578 g/mol. The van der Waals surface area contributed by atoms with E-state index in [4.69, 9.17) is 0 Å². The Hall–Kier alpha value is -3.34. The summed E-state index contributed by atoms with van der Waals surface area (Å²) in [4.78, 5) is 0.117. The maximum atomic E-state index is 13.4. The van der Waals surface area contributed by atoms with Crippen LogP contribution in [0.15, 0.2) is 119 Å². The molecule has 0 heterocycles. The number of hydrogen-bond donors (Lipinski definition) is 3. The van der Waals surface area contributed by atoms with E-state index in [1.165, 1.54) is 24.3 Å². The molecule has 2 unspecified atom stereocenters. The summed E-state index contributed by atoms with van der Waals surface area (Å²) >= 11 is 0. The molecule has 0 fully saturated rings. The summed E-state index contributed by atoms with van der Waals surface area (Å²) in [6.07, 6.45) is -1.13. The minimum Gasteiger partial charge on any atom is -0.390 e. The van der Waals surface area contributed by atoms with Crippen molar-refractivity contribution in [3.05, 3.63) is 131 Å². The fourth-order valence-corrected chi connectivity index (χ4v) is 6.95. The predicted octanol–water partition coefficient (Wildman–Crippen LogP) is 4.14. The zero-order chi connectivity index (χ0) is 28.8. The van der Waals surface area contributed by atoms with Crippen molar-refractivity contribution in [2.24, 2.45) is 0 Å². The van der Waals surface area contributed by atoms with Gasteiger partial charge in [0.05, 0.1) is 28.0 Å². The Morgan fingerprint density at radius 2 is 0.875 bits per heavy atom. The van der Waals surface area contributed by atoms with Gasteiger partial charge in [0.15, 0.2) is 0 Å². The maximum Gasteiger partial charge on any atom is 0.240 e. The van der Waals surface area contributed by atoms with Gasteiger partial charge in [0.25, 0.3) is 0 Å². The molecule has 0 spiro atoms. The Morgan fingerprint density at radius 1 is 0.550 bits per heavy atom. The quantitative estimate of drug-likeness (QED) is 0.234. The number of sulfonamides is 2. The Labute approximate surface area is 237 Å². The summed E-state index contributed by atoms with van der Waals surface area (Å²) < 4.78 is 59.0. The fraction of sp³-hybridized carbons (Fsp3) is 0.226. The molecule has 7 nitrogen and oxygen atoms in total. The lowest BCUT2D eigenvalue weighted by Crippen LogP contribution is -2.55. The van der Waals surface area contributed by atoms with Crippen LogP contribution in [-0.4, -0.2) is 40.1 Å². The van der Waals surface area contributed by atoms with Crippen LogP contribution in [0.1, 0.15) is 22.3 Å². The highest BCUT2D eigenvalue weighted by atomic mass is 32.2. The highest BCUT2D eigenvalue weighted by molar-refractivity contribution is 7.89. The third kappa shape index (κ3) is 7.87. The molecule has 0 aliphatic heterocycles. The second-order valence-corrected chi connectivity index (χ2v) is 13.4. The number of benzene rings is 4. The Kier molecular flexibility index (Phi) is 9.55. The first kappa shape index (κ1) is 29.6. The van der Waals surface area contributed by atoms with Gasteiger partial charge in [-0.05, 0) is 62.1 Å². The average Bonchev–Trinajstić information content (AvgIpc) is 2.93. The van der Waals surface area contributed by atoms with Gasteiger partial charge in [-0.25, -0.2) is 26.3 Å². The van der Waals surface area contributed by atoms with Crippen molar-refractivity contribution in [3.63, 3.8) is 0 Å². The van der Waals surface area contributed by atoms with E-state index in [1.807, 2.05) is 74.5 Å². The summed E-state index contributed by atoms with van der Waals surface area (Å²) in [5, 5.41) is 11.7. The smallest absolute Gasteiger partial charge is 0.240 e. The van der Waals surface area contributed by atoms with E-state index in [0.29, 0.717) is 0 Å². The summed E-state index contributed by atoms with van der Waals surface area (Å²) in [5.41, 5.74) is 3.40. The van der Waals surface area contributed by atoms with Crippen molar-refractivity contribution in [2.45, 2.75) is 54.7 Å². The second-order valence-electron chi connectivity index (χ2n) is 9.95. The van der Waals surface area contributed by atoms with E-state index in [1.54, 1.807) is 24.3 Å². The number of aliphatic hydroxyl groups excluding tert-OH is 1. The van der Waals surface area contributed by atoms with Crippen LogP contribution < -0.4 is 9.44 Å². The molecular formula is C31H34N2O5S2. The van der Waals surface area contributed by atoms with Crippen molar-refractivity contribution in [1.29, 1.82) is 0 Å². The molecule has 40 heavy (non-hydrogen) atoms. The van der Waals surface area contributed by atoms with E-state index in [-0.39, 0.29) is 22.6 Å². The number of rotatable bonds is 12. The summed E-state index contributed by atoms with van der Waals surface area (Å²) in [7, 11) is -8.07. The maximum absolute atomic E-state index is 13.4. The van der Waals surface area contributed by atoms with Gasteiger partial charge in [-0.15, -0.1) is 0 Å². The van der Waals surface area contributed by atoms with Crippen LogP contribution >= 0.6 is 0 Å². The largest absolute Gasteiger partial charge is 0.390 e. The first-order valence-electron chi connectivity index (χ1n) is 13.0. The highest BCUT2D eigenvalue weighted by Gasteiger charge is 2.34. The van der Waals surface area contributed by atoms with Crippen LogP contribution in [0, 0.1) is 13.8 Å². The van der Waals surface area contributed by atoms with Crippen LogP contribution in [0.2, 0.25) is 0 Å². The van der Waals surface area contributed by atoms with Gasteiger partial charge in [-0.1, -0.05) is 96.1 Å². The Bertz CT molecular complexity index is 1470. The molecule has 2 atom stereocenters. The third-order valence-electron chi connectivity index (χ3n) is 6.70. The normalized spacial score (nSPS) is 14.4. The first-order valence-corrected chi connectivity index (χ1v) is 15.9. The van der Waals surface area contributed by atoms with Gasteiger partial charge in [0, 0.05) is 0 Å². The van der Waals surface area contributed by atoms with Crippen molar-refractivity contribution < 1.29 is 21.9 Å². The van der Waals surface area contributed by atoms with Crippen LogP contribution in [0.3, 0.4) is 0 Å². The zero-order valence-corrected chi connectivity index (χ0v) is 24.1. The number of aliphatic hydroxyl groups is 1. The molecule has 4 rings (SSSR count). The second kappa shape index (κ2) is 12.9. The van der Waals surface area contributed by atoms with Gasteiger partial charge in [-0.2, -0.15) is 0 Å². The van der Waals surface area contributed by atoms with Gasteiger partial charge in [-0.3, -0.25) is 0 Å². The predicted molar refractivity (Wildman–Crippen MR) is 157 cm³/mol. The van der Waals surface area contributed by atoms with E-state index in [0.717, 1.165) is 22.3 Å². The molecular weight excluding hydrogens is 544 g/mol. The fourth-order valence-electron chi connectivity index (χ4n) is 4.45. The third-order valence-corrected chi connectivity index (χ3v) is 9.71. The summed E-state index contributed by atoms with van der Waals surface area (Å²) in [6, 6.07) is 29.1. The molecule has 9 heteroatoms. The standard InChI is InChI=1S/C31H34N2O5S2/c1-23-13-17-27(18-14-23)39(35,36)32-29(21-25-9-5-3-6-10-25)31(34)30(22-26-11-7-4-8-12-26)33-40(37,38)28-19-15-24(2)16-20-28/h3-20,29-34H,21-22H2,1-2H3. The molecule has 0 bridgehead atoms. The van der Waals surface area contributed by atoms with E-state index >= 15 is 0 Å². The molecule has 0 radical (unpaired) electrons. The van der Waals surface area contributed by atoms with Crippen LogP contribution in [0.5, 0.6) is 0 Å². The molecule has 0 aromatic heterocycles. The van der Waals surface area contributed by atoms with Crippen molar-refractivity contribution in [2.75, 3.05) is 0 Å². The number of hydrogen-bond acceptors (Lipinski definition) is 5. The minimum atomic E-state index is -4.04. The van der Waals surface area contributed by atoms with Crippen LogP contribution in [0.25, 0.3) is 0 Å². The zero-order valence-electron chi connectivity index (χ0n) is 22.4. The topological polar surface area (TPSA) is 113 Å². The molecule has 0 saturated carbocycles. The Balaban J connectivity index is 1.70. The lowest BCUT2D eigenvalue weighted by Gasteiger charge is -2.31. The summed E-state index contributed by atoms with van der Waals surface area (Å²) in [5.74, 6) is 0. The lowest BCUT2D eigenvalue weighted by atomic mass is 9.94. The molecule has 210 valence electrons. The lowest BCUT2D eigenvalue weighted by molar-refractivity contribution is 0.103. The highest BCUT2D eigenvalue weighted by Crippen LogP contribution is 2.19. The number of aryl methyl sites for hydroxylation is 2. The van der Waals surface area contributed by atoms with Gasteiger partial charge in [0.2, 0.25) is 20.0 Å². The Morgan fingerprint density at radius 3 is 1.20 bits per heavy atom. The molecule has 0 amide bonds. The van der Waals surface area contributed by atoms with E-state index in [9.17, 15) is 21.9 Å². The molecule has 0 aliphatic carbocycles. The first-order chi connectivity index (χ1) is 19.0. The van der Waals surface area contributed by atoms with Gasteiger partial charge < -0.3 is 5.11 Å². The van der Waals surface area contributed by atoms with Crippen LogP contribution in [0.4, 0.5) is 0 Å². The van der Waals surface area contributed by atoms with Crippen LogP contribution in [-0.2, 0) is 32.9 Å². The van der Waals surface area contributed by atoms with Gasteiger partial charge in [0.1, 0.15) is 0 Å². The summed E-state index contributed by atoms with van der Waals surface area (Å²) in [6.45, 7) is 3.72. The van der Waals surface area contributed by atoms with Gasteiger partial charge >= 0.3 is 0 Å². The van der Waals surface area contributed by atoms with E-state index < -0.39 is 38.2 Å². The van der Waals surface area contributed by atoms with E-state index in [2.05, 4.69) is 9.44 Å². The van der Waals surface area contributed by atoms with Crippen molar-refractivity contribution >= 4 is 20.0 Å². The molecule has 0 aliphatic rings. The molecule has 4 aromatic rings. The minimum absolute atomic E-state index is 0.0585.